The van der Waals surface area contributed by atoms with Crippen molar-refractivity contribution in [3.05, 3.63) is 83.4 Å². The molecule has 0 radical (unpaired) electrons. The second-order valence-electron chi connectivity index (χ2n) is 9.01. The summed E-state index contributed by atoms with van der Waals surface area (Å²) in [6, 6.07) is 20.4. The van der Waals surface area contributed by atoms with E-state index in [1.807, 2.05) is 24.3 Å². The van der Waals surface area contributed by atoms with Gasteiger partial charge >= 0.3 is 5.97 Å². The SMILES string of the molecule is CCN(c1ccc(-c2ccc(C(C)(C)C)cc2)cc1)S(=O)(=O)c1ccc(C)c(C(=O)OC)c1. The average molecular weight is 466 g/mol. The second kappa shape index (κ2) is 9.40. The van der Waals surface area contributed by atoms with E-state index in [0.29, 0.717) is 11.3 Å². The molecular formula is C27H31NO4S. The Hall–Kier alpha value is -3.12. The van der Waals surface area contributed by atoms with Crippen LogP contribution in [0.25, 0.3) is 11.1 Å². The highest BCUT2D eigenvalue weighted by Gasteiger charge is 2.25. The number of methoxy groups -OCH3 is 1. The van der Waals surface area contributed by atoms with Gasteiger partial charge < -0.3 is 4.74 Å². The minimum Gasteiger partial charge on any atom is -0.465 e. The third kappa shape index (κ3) is 5.11. The van der Waals surface area contributed by atoms with Crippen LogP contribution in [0.3, 0.4) is 0 Å². The molecule has 0 heterocycles. The summed E-state index contributed by atoms with van der Waals surface area (Å²) in [5.74, 6) is -0.561. The van der Waals surface area contributed by atoms with Crippen LogP contribution in [0.5, 0.6) is 0 Å². The summed E-state index contributed by atoms with van der Waals surface area (Å²) < 4.78 is 32.9. The lowest BCUT2D eigenvalue weighted by Crippen LogP contribution is -2.31. The van der Waals surface area contributed by atoms with E-state index in [4.69, 9.17) is 4.74 Å². The van der Waals surface area contributed by atoms with Crippen LogP contribution < -0.4 is 4.31 Å². The highest BCUT2D eigenvalue weighted by molar-refractivity contribution is 7.92. The van der Waals surface area contributed by atoms with E-state index in [1.54, 1.807) is 19.9 Å². The number of benzene rings is 3. The Kier molecular flexibility index (Phi) is 6.98. The number of rotatable bonds is 6. The van der Waals surface area contributed by atoms with Gasteiger partial charge in [-0.1, -0.05) is 63.2 Å². The van der Waals surface area contributed by atoms with Crippen molar-refractivity contribution in [2.24, 2.45) is 0 Å². The molecule has 0 aromatic heterocycles. The minimum atomic E-state index is -3.86. The molecule has 0 amide bonds. The van der Waals surface area contributed by atoms with Gasteiger partial charge in [0.25, 0.3) is 10.0 Å². The number of ether oxygens (including phenoxy) is 1. The van der Waals surface area contributed by atoms with Crippen molar-refractivity contribution in [3.63, 3.8) is 0 Å². The predicted molar refractivity (Wildman–Crippen MR) is 133 cm³/mol. The molecule has 6 heteroatoms. The molecule has 0 fully saturated rings. The Balaban J connectivity index is 1.93. The summed E-state index contributed by atoms with van der Waals surface area (Å²) in [6.45, 7) is 10.3. The van der Waals surface area contributed by atoms with Crippen LogP contribution in [-0.4, -0.2) is 28.0 Å². The first-order chi connectivity index (χ1) is 15.5. The largest absolute Gasteiger partial charge is 0.465 e. The van der Waals surface area contributed by atoms with E-state index in [-0.39, 0.29) is 22.4 Å². The Morgan fingerprint density at radius 2 is 1.45 bits per heavy atom. The molecule has 0 aliphatic carbocycles. The zero-order valence-corrected chi connectivity index (χ0v) is 20.9. The van der Waals surface area contributed by atoms with E-state index in [9.17, 15) is 13.2 Å². The molecule has 3 aromatic rings. The van der Waals surface area contributed by atoms with Gasteiger partial charge in [0.2, 0.25) is 0 Å². The van der Waals surface area contributed by atoms with Crippen molar-refractivity contribution in [1.82, 2.24) is 0 Å². The summed E-state index contributed by atoms with van der Waals surface area (Å²) in [4.78, 5) is 12.1. The van der Waals surface area contributed by atoms with E-state index in [0.717, 1.165) is 11.1 Å². The molecule has 3 aromatic carbocycles. The smallest absolute Gasteiger partial charge is 0.338 e. The number of carbonyl (C=O) groups excluding carboxylic acids is 1. The van der Waals surface area contributed by atoms with Crippen molar-refractivity contribution in [1.29, 1.82) is 0 Å². The fraction of sp³-hybridized carbons (Fsp3) is 0.296. The van der Waals surface area contributed by atoms with Crippen LogP contribution in [-0.2, 0) is 20.2 Å². The summed E-state index contributed by atoms with van der Waals surface area (Å²) in [5.41, 5.74) is 4.89. The fourth-order valence-electron chi connectivity index (χ4n) is 3.69. The Morgan fingerprint density at radius 3 is 1.94 bits per heavy atom. The zero-order valence-electron chi connectivity index (χ0n) is 20.0. The molecule has 0 N–H and O–H groups in total. The molecule has 174 valence electrons. The molecule has 0 spiro atoms. The van der Waals surface area contributed by atoms with Crippen molar-refractivity contribution in [2.75, 3.05) is 18.0 Å². The monoisotopic (exact) mass is 465 g/mol. The van der Waals surface area contributed by atoms with E-state index in [1.165, 1.54) is 29.1 Å². The van der Waals surface area contributed by atoms with Gasteiger partial charge in [-0.2, -0.15) is 0 Å². The highest BCUT2D eigenvalue weighted by Crippen LogP contribution is 2.30. The maximum Gasteiger partial charge on any atom is 0.338 e. The normalized spacial score (nSPS) is 11.8. The zero-order chi connectivity index (χ0) is 24.4. The summed E-state index contributed by atoms with van der Waals surface area (Å²) in [5, 5.41) is 0. The first-order valence-electron chi connectivity index (χ1n) is 10.9. The lowest BCUT2D eigenvalue weighted by atomic mass is 9.86. The maximum atomic E-state index is 13.4. The summed E-state index contributed by atoms with van der Waals surface area (Å²) in [6.07, 6.45) is 0. The molecule has 0 saturated heterocycles. The topological polar surface area (TPSA) is 63.7 Å². The molecular weight excluding hydrogens is 434 g/mol. The Labute approximate surface area is 197 Å². The Morgan fingerprint density at radius 1 is 0.909 bits per heavy atom. The number of hydrogen-bond acceptors (Lipinski definition) is 4. The van der Waals surface area contributed by atoms with Crippen LogP contribution >= 0.6 is 0 Å². The number of anilines is 1. The third-order valence-electron chi connectivity index (χ3n) is 5.73. The number of nitrogens with zero attached hydrogens (tertiary/aromatic N) is 1. The van der Waals surface area contributed by atoms with Gasteiger partial charge in [-0.3, -0.25) is 4.31 Å². The van der Waals surface area contributed by atoms with Crippen LogP contribution in [0.4, 0.5) is 5.69 Å². The number of aryl methyl sites for hydroxylation is 1. The van der Waals surface area contributed by atoms with Gasteiger partial charge in [0, 0.05) is 6.54 Å². The number of hydrogen-bond donors (Lipinski definition) is 0. The van der Waals surface area contributed by atoms with Gasteiger partial charge in [-0.05, 0) is 65.8 Å². The molecule has 5 nitrogen and oxygen atoms in total. The minimum absolute atomic E-state index is 0.0530. The van der Waals surface area contributed by atoms with Crippen molar-refractivity contribution in [3.8, 4) is 11.1 Å². The van der Waals surface area contributed by atoms with Gasteiger partial charge in [-0.15, -0.1) is 0 Å². The van der Waals surface area contributed by atoms with Gasteiger partial charge in [-0.25, -0.2) is 13.2 Å². The molecule has 0 aliphatic rings. The number of sulfonamides is 1. The van der Waals surface area contributed by atoms with E-state index in [2.05, 4.69) is 45.0 Å². The molecule has 0 aliphatic heterocycles. The molecule has 3 rings (SSSR count). The van der Waals surface area contributed by atoms with Gasteiger partial charge in [0.05, 0.1) is 23.3 Å². The third-order valence-corrected chi connectivity index (χ3v) is 7.63. The van der Waals surface area contributed by atoms with Crippen LogP contribution in [0, 0.1) is 6.92 Å². The standard InChI is InChI=1S/C27H31NO4S/c1-7-28(33(30,31)24-17-8-19(2)25(18-24)26(29)32-6)23-15-11-21(12-16-23)20-9-13-22(14-10-20)27(3,4)5/h8-18H,7H2,1-6H3. The van der Waals surface area contributed by atoms with Crippen LogP contribution in [0.2, 0.25) is 0 Å². The second-order valence-corrected chi connectivity index (χ2v) is 10.9. The molecule has 0 atom stereocenters. The van der Waals surface area contributed by atoms with Crippen molar-refractivity contribution < 1.29 is 17.9 Å². The number of carbonyl (C=O) groups is 1. The molecule has 0 unspecified atom stereocenters. The molecule has 0 bridgehead atoms. The lowest BCUT2D eigenvalue weighted by Gasteiger charge is -2.24. The lowest BCUT2D eigenvalue weighted by molar-refractivity contribution is 0.0599. The number of esters is 1. The van der Waals surface area contributed by atoms with Crippen LogP contribution in [0.1, 0.15) is 49.2 Å². The van der Waals surface area contributed by atoms with Crippen molar-refractivity contribution in [2.45, 2.75) is 44.9 Å². The van der Waals surface area contributed by atoms with Crippen molar-refractivity contribution >= 4 is 21.7 Å². The quantitative estimate of drug-likeness (QED) is 0.421. The van der Waals surface area contributed by atoms with Gasteiger partial charge in [0.15, 0.2) is 0 Å². The van der Waals surface area contributed by atoms with Crippen LogP contribution in [0.15, 0.2) is 71.6 Å². The maximum absolute atomic E-state index is 13.4. The molecule has 0 saturated carbocycles. The first kappa shape index (κ1) is 24.5. The van der Waals surface area contributed by atoms with E-state index >= 15 is 0 Å². The Bertz CT molecular complexity index is 1240. The molecule has 33 heavy (non-hydrogen) atoms. The fourth-order valence-corrected chi connectivity index (χ4v) is 5.19. The summed E-state index contributed by atoms with van der Waals surface area (Å²) in [7, 11) is -2.58. The highest BCUT2D eigenvalue weighted by atomic mass is 32.2. The van der Waals surface area contributed by atoms with E-state index < -0.39 is 16.0 Å². The first-order valence-corrected chi connectivity index (χ1v) is 12.4. The summed E-state index contributed by atoms with van der Waals surface area (Å²) >= 11 is 0. The van der Waals surface area contributed by atoms with Gasteiger partial charge in [0.1, 0.15) is 0 Å². The predicted octanol–water partition coefficient (Wildman–Crippen LogP) is 5.96. The average Bonchev–Trinajstić information content (AvgIpc) is 2.79.